The number of carbonyl (C=O) groups is 2. The standard InChI is InChI=1S/C17H18ClN3O4/c1-24-17(23)13-9-12(21-4-6-25-7-5-21)2-3-14(13)20-16(22)15-8-11(18)10-19-15/h2-3,8-10,19H,4-7H2,1H3,(H,20,22). The molecule has 1 saturated heterocycles. The van der Waals surface area contributed by atoms with Gasteiger partial charge in [0.05, 0.1) is 36.6 Å². The second-order valence-electron chi connectivity index (χ2n) is 5.51. The van der Waals surface area contributed by atoms with E-state index in [0.717, 1.165) is 18.8 Å². The molecule has 1 aliphatic rings. The van der Waals surface area contributed by atoms with Crippen LogP contribution in [-0.2, 0) is 9.47 Å². The Kier molecular flexibility index (Phi) is 5.25. The maximum absolute atomic E-state index is 12.3. The molecule has 1 aromatic heterocycles. The Morgan fingerprint density at radius 1 is 1.28 bits per heavy atom. The van der Waals surface area contributed by atoms with Gasteiger partial charge in [0.2, 0.25) is 0 Å². The number of nitrogens with one attached hydrogen (secondary N) is 2. The average molecular weight is 364 g/mol. The van der Waals surface area contributed by atoms with Crippen LogP contribution in [0.2, 0.25) is 5.02 Å². The Morgan fingerprint density at radius 2 is 2.04 bits per heavy atom. The predicted octanol–water partition coefficient (Wildman–Crippen LogP) is 2.54. The maximum atomic E-state index is 12.3. The fourth-order valence-corrected chi connectivity index (χ4v) is 2.79. The molecule has 3 rings (SSSR count). The Labute approximate surface area is 149 Å². The molecule has 2 heterocycles. The first kappa shape index (κ1) is 17.3. The molecular formula is C17H18ClN3O4. The zero-order valence-electron chi connectivity index (χ0n) is 13.7. The summed E-state index contributed by atoms with van der Waals surface area (Å²) >= 11 is 5.82. The van der Waals surface area contributed by atoms with Gasteiger partial charge in [0, 0.05) is 25.0 Å². The molecule has 7 nitrogen and oxygen atoms in total. The highest BCUT2D eigenvalue weighted by molar-refractivity contribution is 6.31. The zero-order valence-corrected chi connectivity index (χ0v) is 14.4. The summed E-state index contributed by atoms with van der Waals surface area (Å²) in [6.07, 6.45) is 1.51. The first-order chi connectivity index (χ1) is 12.1. The largest absolute Gasteiger partial charge is 0.465 e. The minimum absolute atomic E-state index is 0.289. The minimum Gasteiger partial charge on any atom is -0.465 e. The number of aromatic nitrogens is 1. The number of hydrogen-bond acceptors (Lipinski definition) is 5. The second-order valence-corrected chi connectivity index (χ2v) is 5.94. The fourth-order valence-electron chi connectivity index (χ4n) is 2.63. The normalized spacial score (nSPS) is 14.2. The molecule has 0 bridgehead atoms. The number of esters is 1. The van der Waals surface area contributed by atoms with Crippen molar-refractivity contribution < 1.29 is 19.1 Å². The summed E-state index contributed by atoms with van der Waals surface area (Å²) in [4.78, 5) is 29.3. The lowest BCUT2D eigenvalue weighted by molar-refractivity contribution is 0.0602. The highest BCUT2D eigenvalue weighted by Crippen LogP contribution is 2.25. The van der Waals surface area contributed by atoms with Crippen molar-refractivity contribution >= 4 is 34.9 Å². The Hall–Kier alpha value is -2.51. The SMILES string of the molecule is COC(=O)c1cc(N2CCOCC2)ccc1NC(=O)c1cc(Cl)c[nH]1. The monoisotopic (exact) mass is 363 g/mol. The number of hydrogen-bond donors (Lipinski definition) is 2. The molecular weight excluding hydrogens is 346 g/mol. The van der Waals surface area contributed by atoms with Crippen molar-refractivity contribution in [1.29, 1.82) is 0 Å². The number of carbonyl (C=O) groups excluding carboxylic acids is 2. The first-order valence-electron chi connectivity index (χ1n) is 7.79. The van der Waals surface area contributed by atoms with E-state index in [4.69, 9.17) is 21.1 Å². The molecule has 8 heteroatoms. The highest BCUT2D eigenvalue weighted by Gasteiger charge is 2.19. The molecule has 0 unspecified atom stereocenters. The Bertz CT molecular complexity index is 784. The van der Waals surface area contributed by atoms with Gasteiger partial charge in [-0.15, -0.1) is 0 Å². The van der Waals surface area contributed by atoms with Crippen molar-refractivity contribution in [1.82, 2.24) is 4.98 Å². The van der Waals surface area contributed by atoms with Gasteiger partial charge in [-0.3, -0.25) is 4.79 Å². The van der Waals surface area contributed by atoms with E-state index in [0.29, 0.717) is 29.6 Å². The number of morpholine rings is 1. The van der Waals surface area contributed by atoms with Gasteiger partial charge in [-0.2, -0.15) is 0 Å². The van der Waals surface area contributed by atoms with Gasteiger partial charge in [-0.05, 0) is 24.3 Å². The van der Waals surface area contributed by atoms with Gasteiger partial charge < -0.3 is 24.7 Å². The molecule has 2 aromatic rings. The molecule has 2 N–H and O–H groups in total. The van der Waals surface area contributed by atoms with E-state index in [1.54, 1.807) is 12.1 Å². The number of aromatic amines is 1. The maximum Gasteiger partial charge on any atom is 0.340 e. The molecule has 1 aromatic carbocycles. The molecule has 1 amide bonds. The summed E-state index contributed by atoms with van der Waals surface area (Å²) in [7, 11) is 1.31. The summed E-state index contributed by atoms with van der Waals surface area (Å²) < 4.78 is 10.2. The summed E-state index contributed by atoms with van der Waals surface area (Å²) in [6.45, 7) is 2.76. The summed E-state index contributed by atoms with van der Waals surface area (Å²) in [6, 6.07) is 6.78. The first-order valence-corrected chi connectivity index (χ1v) is 8.16. The van der Waals surface area contributed by atoms with E-state index >= 15 is 0 Å². The van der Waals surface area contributed by atoms with E-state index in [1.807, 2.05) is 6.07 Å². The molecule has 0 radical (unpaired) electrons. The average Bonchev–Trinajstić information content (AvgIpc) is 3.08. The number of halogens is 1. The van der Waals surface area contributed by atoms with Gasteiger partial charge in [-0.1, -0.05) is 11.6 Å². The summed E-state index contributed by atoms with van der Waals surface area (Å²) in [5, 5.41) is 3.14. The highest BCUT2D eigenvalue weighted by atomic mass is 35.5. The number of methoxy groups -OCH3 is 1. The molecule has 25 heavy (non-hydrogen) atoms. The van der Waals surface area contributed by atoms with Crippen molar-refractivity contribution in [2.45, 2.75) is 0 Å². The van der Waals surface area contributed by atoms with Crippen molar-refractivity contribution in [3.8, 4) is 0 Å². The smallest absolute Gasteiger partial charge is 0.340 e. The second kappa shape index (κ2) is 7.58. The molecule has 0 spiro atoms. The number of anilines is 2. The minimum atomic E-state index is -0.519. The van der Waals surface area contributed by atoms with Crippen LogP contribution in [-0.4, -0.2) is 50.3 Å². The number of H-pyrrole nitrogens is 1. The Balaban J connectivity index is 1.87. The Morgan fingerprint density at radius 3 is 2.68 bits per heavy atom. The fraction of sp³-hybridized carbons (Fsp3) is 0.294. The number of rotatable bonds is 4. The van der Waals surface area contributed by atoms with E-state index < -0.39 is 11.9 Å². The van der Waals surface area contributed by atoms with Crippen LogP contribution in [0.3, 0.4) is 0 Å². The predicted molar refractivity (Wildman–Crippen MR) is 94.6 cm³/mol. The quantitative estimate of drug-likeness (QED) is 0.815. The van der Waals surface area contributed by atoms with Gasteiger partial charge >= 0.3 is 5.97 Å². The van der Waals surface area contributed by atoms with Crippen LogP contribution < -0.4 is 10.2 Å². The van der Waals surface area contributed by atoms with Gasteiger partial charge in [-0.25, -0.2) is 4.79 Å². The third-order valence-electron chi connectivity index (χ3n) is 3.93. The number of benzene rings is 1. The summed E-state index contributed by atoms with van der Waals surface area (Å²) in [5.74, 6) is -0.911. The molecule has 0 atom stereocenters. The van der Waals surface area contributed by atoms with Crippen LogP contribution in [0, 0.1) is 0 Å². The van der Waals surface area contributed by atoms with Crippen LogP contribution in [0.1, 0.15) is 20.8 Å². The number of ether oxygens (including phenoxy) is 2. The van der Waals surface area contributed by atoms with Crippen LogP contribution in [0.15, 0.2) is 30.5 Å². The number of nitrogens with zero attached hydrogens (tertiary/aromatic N) is 1. The molecule has 0 saturated carbocycles. The van der Waals surface area contributed by atoms with Crippen molar-refractivity contribution in [2.75, 3.05) is 43.6 Å². The van der Waals surface area contributed by atoms with Gasteiger partial charge in [0.15, 0.2) is 0 Å². The van der Waals surface area contributed by atoms with Crippen LogP contribution in [0.5, 0.6) is 0 Å². The van der Waals surface area contributed by atoms with E-state index in [-0.39, 0.29) is 5.56 Å². The molecule has 1 aliphatic heterocycles. The van der Waals surface area contributed by atoms with Crippen LogP contribution >= 0.6 is 11.6 Å². The molecule has 1 fully saturated rings. The van der Waals surface area contributed by atoms with Gasteiger partial charge in [0.25, 0.3) is 5.91 Å². The topological polar surface area (TPSA) is 83.7 Å². The summed E-state index contributed by atoms with van der Waals surface area (Å²) in [5.41, 5.74) is 1.85. The van der Waals surface area contributed by atoms with Crippen LogP contribution in [0.25, 0.3) is 0 Å². The van der Waals surface area contributed by atoms with E-state index in [1.165, 1.54) is 19.4 Å². The van der Waals surface area contributed by atoms with Crippen molar-refractivity contribution in [2.24, 2.45) is 0 Å². The molecule has 132 valence electrons. The van der Waals surface area contributed by atoms with Crippen LogP contribution in [0.4, 0.5) is 11.4 Å². The lowest BCUT2D eigenvalue weighted by Crippen LogP contribution is -2.36. The third-order valence-corrected chi connectivity index (χ3v) is 4.14. The van der Waals surface area contributed by atoms with Crippen molar-refractivity contribution in [3.63, 3.8) is 0 Å². The lowest BCUT2D eigenvalue weighted by Gasteiger charge is -2.29. The zero-order chi connectivity index (χ0) is 17.8. The van der Waals surface area contributed by atoms with Gasteiger partial charge in [0.1, 0.15) is 5.69 Å². The van der Waals surface area contributed by atoms with E-state index in [2.05, 4.69) is 15.2 Å². The molecule has 0 aliphatic carbocycles. The third kappa shape index (κ3) is 3.94. The lowest BCUT2D eigenvalue weighted by atomic mass is 10.1. The number of amides is 1. The van der Waals surface area contributed by atoms with Crippen molar-refractivity contribution in [3.05, 3.63) is 46.7 Å². The van der Waals surface area contributed by atoms with E-state index in [9.17, 15) is 9.59 Å².